The van der Waals surface area contributed by atoms with Crippen LogP contribution in [0, 0.1) is 5.92 Å². The Labute approximate surface area is 142 Å². The molecule has 0 radical (unpaired) electrons. The topological polar surface area (TPSA) is 52.6 Å². The van der Waals surface area contributed by atoms with E-state index in [4.69, 9.17) is 9.47 Å². The molecule has 0 aromatic carbocycles. The molecule has 1 atom stereocenters. The summed E-state index contributed by atoms with van der Waals surface area (Å²) in [6, 6.07) is 0. The van der Waals surface area contributed by atoms with Gasteiger partial charge in [-0.2, -0.15) is 0 Å². The van der Waals surface area contributed by atoms with Crippen molar-refractivity contribution in [1.82, 2.24) is 0 Å². The van der Waals surface area contributed by atoms with E-state index in [1.165, 1.54) is 12.8 Å². The Morgan fingerprint density at radius 2 is 1.43 bits per heavy atom. The Kier molecular flexibility index (Phi) is 13.9. The number of ether oxygens (including phenoxy) is 2. The monoisotopic (exact) mass is 328 g/mol. The first-order chi connectivity index (χ1) is 11.1. The molecule has 0 aromatic rings. The molecule has 0 aromatic heterocycles. The SMILES string of the molecule is CCCCCCCOC(=O)C(=O)OC(CC)CCC(CC)CC. The van der Waals surface area contributed by atoms with Crippen molar-refractivity contribution >= 4 is 11.9 Å². The summed E-state index contributed by atoms with van der Waals surface area (Å²) in [4.78, 5) is 23.4. The number of carbonyl (C=O) groups is 2. The second kappa shape index (κ2) is 14.5. The van der Waals surface area contributed by atoms with Crippen molar-refractivity contribution in [3.05, 3.63) is 0 Å². The molecule has 23 heavy (non-hydrogen) atoms. The Morgan fingerprint density at radius 1 is 0.783 bits per heavy atom. The molecule has 136 valence electrons. The number of esters is 2. The van der Waals surface area contributed by atoms with Crippen molar-refractivity contribution in [3.63, 3.8) is 0 Å². The summed E-state index contributed by atoms with van der Waals surface area (Å²) >= 11 is 0. The zero-order valence-corrected chi connectivity index (χ0v) is 15.6. The Bertz CT molecular complexity index is 310. The van der Waals surface area contributed by atoms with Crippen LogP contribution in [0.5, 0.6) is 0 Å². The van der Waals surface area contributed by atoms with Crippen molar-refractivity contribution in [1.29, 1.82) is 0 Å². The van der Waals surface area contributed by atoms with Crippen LogP contribution in [0.4, 0.5) is 0 Å². The van der Waals surface area contributed by atoms with Crippen LogP contribution in [-0.2, 0) is 19.1 Å². The van der Waals surface area contributed by atoms with Crippen LogP contribution in [0.15, 0.2) is 0 Å². The number of rotatable bonds is 13. The van der Waals surface area contributed by atoms with Gasteiger partial charge >= 0.3 is 11.9 Å². The predicted molar refractivity (Wildman–Crippen MR) is 93.2 cm³/mol. The van der Waals surface area contributed by atoms with Gasteiger partial charge in [-0.15, -0.1) is 0 Å². The van der Waals surface area contributed by atoms with Gasteiger partial charge in [-0.25, -0.2) is 9.59 Å². The molecule has 0 fully saturated rings. The van der Waals surface area contributed by atoms with E-state index in [9.17, 15) is 9.59 Å². The molecule has 0 rings (SSSR count). The third kappa shape index (κ3) is 11.2. The highest BCUT2D eigenvalue weighted by Gasteiger charge is 2.22. The van der Waals surface area contributed by atoms with Crippen LogP contribution in [0.25, 0.3) is 0 Å². The van der Waals surface area contributed by atoms with Crippen LogP contribution in [0.1, 0.15) is 91.9 Å². The normalized spacial score (nSPS) is 12.2. The van der Waals surface area contributed by atoms with Gasteiger partial charge < -0.3 is 9.47 Å². The molecule has 4 heteroatoms. The van der Waals surface area contributed by atoms with E-state index in [0.29, 0.717) is 12.5 Å². The summed E-state index contributed by atoms with van der Waals surface area (Å²) in [7, 11) is 0. The lowest BCUT2D eigenvalue weighted by molar-refractivity contribution is -0.171. The van der Waals surface area contributed by atoms with Crippen molar-refractivity contribution in [2.75, 3.05) is 6.61 Å². The van der Waals surface area contributed by atoms with E-state index in [0.717, 1.165) is 51.4 Å². The number of carbonyl (C=O) groups excluding carboxylic acids is 2. The lowest BCUT2D eigenvalue weighted by Crippen LogP contribution is -2.26. The molecule has 0 aliphatic heterocycles. The molecule has 0 saturated carbocycles. The zero-order chi connectivity index (χ0) is 17.5. The average Bonchev–Trinajstić information content (AvgIpc) is 2.57. The van der Waals surface area contributed by atoms with Gasteiger partial charge in [0.1, 0.15) is 6.10 Å². The molecule has 0 bridgehead atoms. The summed E-state index contributed by atoms with van der Waals surface area (Å²) in [6.07, 6.45) is 10.1. The Balaban J connectivity index is 3.95. The standard InChI is InChI=1S/C19H36O4/c1-5-9-10-11-12-15-22-18(20)19(21)23-17(8-4)14-13-16(6-2)7-3/h16-17H,5-15H2,1-4H3. The minimum atomic E-state index is -0.846. The zero-order valence-electron chi connectivity index (χ0n) is 15.6. The summed E-state index contributed by atoms with van der Waals surface area (Å²) in [5, 5.41) is 0. The van der Waals surface area contributed by atoms with Gasteiger partial charge in [0.15, 0.2) is 0 Å². The molecule has 0 aliphatic carbocycles. The molecular weight excluding hydrogens is 292 g/mol. The number of unbranched alkanes of at least 4 members (excludes halogenated alkanes) is 4. The molecule has 0 aliphatic rings. The van der Waals surface area contributed by atoms with Gasteiger partial charge in [0.05, 0.1) is 6.61 Å². The predicted octanol–water partition coefficient (Wildman–Crippen LogP) is 5.04. The lowest BCUT2D eigenvalue weighted by Gasteiger charge is -2.18. The second-order valence-electron chi connectivity index (χ2n) is 6.25. The highest BCUT2D eigenvalue weighted by atomic mass is 16.6. The fourth-order valence-corrected chi connectivity index (χ4v) is 2.59. The molecule has 0 spiro atoms. The largest absolute Gasteiger partial charge is 0.457 e. The highest BCUT2D eigenvalue weighted by molar-refractivity contribution is 6.29. The molecule has 0 saturated heterocycles. The van der Waals surface area contributed by atoms with Crippen molar-refractivity contribution in [3.8, 4) is 0 Å². The van der Waals surface area contributed by atoms with Crippen LogP contribution < -0.4 is 0 Å². The van der Waals surface area contributed by atoms with Crippen molar-refractivity contribution in [2.45, 2.75) is 98.0 Å². The van der Waals surface area contributed by atoms with Crippen LogP contribution in [0.2, 0.25) is 0 Å². The first-order valence-electron chi connectivity index (χ1n) is 9.46. The summed E-state index contributed by atoms with van der Waals surface area (Å²) in [5.41, 5.74) is 0. The lowest BCUT2D eigenvalue weighted by atomic mass is 9.95. The summed E-state index contributed by atoms with van der Waals surface area (Å²) < 4.78 is 10.3. The average molecular weight is 328 g/mol. The smallest absolute Gasteiger partial charge is 0.417 e. The van der Waals surface area contributed by atoms with Gasteiger partial charge in [0.25, 0.3) is 0 Å². The van der Waals surface area contributed by atoms with Crippen molar-refractivity contribution < 1.29 is 19.1 Å². The fourth-order valence-electron chi connectivity index (χ4n) is 2.59. The Morgan fingerprint density at radius 3 is 2.00 bits per heavy atom. The third-order valence-corrected chi connectivity index (χ3v) is 4.43. The number of hydrogen-bond donors (Lipinski definition) is 0. The van der Waals surface area contributed by atoms with E-state index >= 15 is 0 Å². The second-order valence-corrected chi connectivity index (χ2v) is 6.25. The molecule has 0 N–H and O–H groups in total. The Hall–Kier alpha value is -1.06. The third-order valence-electron chi connectivity index (χ3n) is 4.43. The molecule has 4 nitrogen and oxygen atoms in total. The van der Waals surface area contributed by atoms with Crippen molar-refractivity contribution in [2.24, 2.45) is 5.92 Å². The van der Waals surface area contributed by atoms with E-state index < -0.39 is 11.9 Å². The van der Waals surface area contributed by atoms with Crippen LogP contribution >= 0.6 is 0 Å². The van der Waals surface area contributed by atoms with Gasteiger partial charge in [0.2, 0.25) is 0 Å². The van der Waals surface area contributed by atoms with E-state index in [-0.39, 0.29) is 6.10 Å². The maximum absolute atomic E-state index is 11.8. The van der Waals surface area contributed by atoms with E-state index in [2.05, 4.69) is 20.8 Å². The highest BCUT2D eigenvalue weighted by Crippen LogP contribution is 2.18. The van der Waals surface area contributed by atoms with Crippen LogP contribution in [0.3, 0.4) is 0 Å². The molecule has 0 heterocycles. The minimum absolute atomic E-state index is 0.180. The molecular formula is C19H36O4. The summed E-state index contributed by atoms with van der Waals surface area (Å²) in [6.45, 7) is 8.80. The maximum atomic E-state index is 11.8. The molecule has 0 amide bonds. The number of hydrogen-bond acceptors (Lipinski definition) is 4. The maximum Gasteiger partial charge on any atom is 0.417 e. The van der Waals surface area contributed by atoms with Gasteiger partial charge in [-0.1, -0.05) is 66.2 Å². The van der Waals surface area contributed by atoms with Gasteiger partial charge in [-0.3, -0.25) is 0 Å². The quantitative estimate of drug-likeness (QED) is 0.270. The first-order valence-corrected chi connectivity index (χ1v) is 9.46. The van der Waals surface area contributed by atoms with Crippen LogP contribution in [-0.4, -0.2) is 24.6 Å². The van der Waals surface area contributed by atoms with Gasteiger partial charge in [-0.05, 0) is 31.6 Å². The fraction of sp³-hybridized carbons (Fsp3) is 0.895. The summed E-state index contributed by atoms with van der Waals surface area (Å²) in [5.74, 6) is -1.02. The van der Waals surface area contributed by atoms with E-state index in [1.807, 2.05) is 6.92 Å². The molecule has 1 unspecified atom stereocenters. The van der Waals surface area contributed by atoms with E-state index in [1.54, 1.807) is 0 Å². The van der Waals surface area contributed by atoms with Gasteiger partial charge in [0, 0.05) is 0 Å². The first kappa shape index (κ1) is 21.9. The minimum Gasteiger partial charge on any atom is -0.457 e.